The van der Waals surface area contributed by atoms with Crippen LogP contribution in [0.2, 0.25) is 0 Å². The minimum absolute atomic E-state index is 0. The number of hydrogen-bond acceptors (Lipinski definition) is 9. The molecule has 2 aliphatic heterocycles. The Morgan fingerprint density at radius 2 is 2.11 bits per heavy atom. The second-order valence-corrected chi connectivity index (χ2v) is 9.93. The number of nitrogens with one attached hydrogen (secondary N) is 1. The third-order valence-corrected chi connectivity index (χ3v) is 6.91. The molecule has 3 N–H and O–H groups in total. The normalized spacial score (nSPS) is 19.3. The second kappa shape index (κ2) is 9.08. The fourth-order valence-corrected chi connectivity index (χ4v) is 5.31. The number of anilines is 2. The summed E-state index contributed by atoms with van der Waals surface area (Å²) >= 11 is 1.49. The SMILES string of the molecule is CS(=O)(=O)c1cnc(N2CCc3nc(N)sc3C2)nc1C1CCCNC1.Cl.Cl. The lowest BCUT2D eigenvalue weighted by atomic mass is 9.96. The smallest absolute Gasteiger partial charge is 0.225 e. The van der Waals surface area contributed by atoms with Crippen molar-refractivity contribution in [3.8, 4) is 0 Å². The molecule has 0 aromatic carbocycles. The van der Waals surface area contributed by atoms with E-state index in [2.05, 4.69) is 20.2 Å². The molecule has 2 aliphatic rings. The largest absolute Gasteiger partial charge is 0.375 e. The van der Waals surface area contributed by atoms with Crippen LogP contribution in [0.1, 0.15) is 35.0 Å². The molecular weight excluding hydrogens is 443 g/mol. The topological polar surface area (TPSA) is 114 Å². The Morgan fingerprint density at radius 1 is 1.32 bits per heavy atom. The zero-order chi connectivity index (χ0) is 18.3. The molecule has 0 saturated carbocycles. The molecule has 1 saturated heterocycles. The van der Waals surface area contributed by atoms with Gasteiger partial charge in [0.2, 0.25) is 5.95 Å². The third kappa shape index (κ3) is 4.68. The van der Waals surface area contributed by atoms with Crippen LogP contribution in [0.4, 0.5) is 11.1 Å². The van der Waals surface area contributed by atoms with Crippen molar-refractivity contribution in [2.45, 2.75) is 36.6 Å². The number of halogens is 2. The summed E-state index contributed by atoms with van der Waals surface area (Å²) in [6.07, 6.45) is 5.43. The number of aromatic nitrogens is 3. The highest BCUT2D eigenvalue weighted by Gasteiger charge is 2.28. The van der Waals surface area contributed by atoms with Crippen LogP contribution in [0, 0.1) is 0 Å². The van der Waals surface area contributed by atoms with Crippen LogP contribution in [-0.2, 0) is 22.8 Å². The number of fused-ring (bicyclic) bond motifs is 1. The van der Waals surface area contributed by atoms with E-state index in [4.69, 9.17) is 10.7 Å². The summed E-state index contributed by atoms with van der Waals surface area (Å²) in [4.78, 5) is 16.9. The van der Waals surface area contributed by atoms with Crippen molar-refractivity contribution in [3.63, 3.8) is 0 Å². The van der Waals surface area contributed by atoms with E-state index in [9.17, 15) is 8.42 Å². The Morgan fingerprint density at radius 3 is 2.79 bits per heavy atom. The van der Waals surface area contributed by atoms with Crippen molar-refractivity contribution >= 4 is 57.1 Å². The van der Waals surface area contributed by atoms with Gasteiger partial charge in [0.25, 0.3) is 0 Å². The fourth-order valence-electron chi connectivity index (χ4n) is 3.58. The first-order valence-corrected chi connectivity index (χ1v) is 11.4. The summed E-state index contributed by atoms with van der Waals surface area (Å²) in [7, 11) is -3.37. The van der Waals surface area contributed by atoms with Gasteiger partial charge in [0.05, 0.1) is 24.1 Å². The fraction of sp³-hybridized carbons (Fsp3) is 0.562. The van der Waals surface area contributed by atoms with Gasteiger partial charge in [-0.25, -0.2) is 23.4 Å². The molecule has 156 valence electrons. The van der Waals surface area contributed by atoms with Gasteiger partial charge >= 0.3 is 0 Å². The molecule has 1 atom stereocenters. The van der Waals surface area contributed by atoms with Gasteiger partial charge in [0, 0.05) is 36.6 Å². The molecule has 0 radical (unpaired) electrons. The molecular formula is C16H24Cl2N6O2S2. The predicted octanol–water partition coefficient (Wildman–Crippen LogP) is 1.79. The first kappa shape index (κ1) is 23.1. The maximum Gasteiger partial charge on any atom is 0.225 e. The standard InChI is InChI=1S/C16H22N6O2S2.2ClH/c1-26(23,24)13-8-19-16(21-14(13)10-3-2-5-18-7-10)22-6-4-11-12(9-22)25-15(17)20-11;;/h8,10,18H,2-7,9H2,1H3,(H2,17,20);2*1H. The first-order valence-electron chi connectivity index (χ1n) is 8.68. The number of nitrogen functional groups attached to an aromatic ring is 1. The van der Waals surface area contributed by atoms with Crippen LogP contribution in [0.5, 0.6) is 0 Å². The van der Waals surface area contributed by atoms with E-state index in [1.54, 1.807) is 0 Å². The summed E-state index contributed by atoms with van der Waals surface area (Å²) < 4.78 is 24.4. The molecule has 1 unspecified atom stereocenters. The van der Waals surface area contributed by atoms with E-state index in [0.29, 0.717) is 23.3 Å². The molecule has 2 aromatic rings. The predicted molar refractivity (Wildman–Crippen MR) is 116 cm³/mol. The Hall–Kier alpha value is -1.20. The second-order valence-electron chi connectivity index (χ2n) is 6.83. The Bertz CT molecular complexity index is 931. The zero-order valence-corrected chi connectivity index (χ0v) is 18.7. The molecule has 2 aromatic heterocycles. The van der Waals surface area contributed by atoms with Gasteiger partial charge in [-0.3, -0.25) is 0 Å². The van der Waals surface area contributed by atoms with Crippen molar-refractivity contribution in [2.24, 2.45) is 0 Å². The van der Waals surface area contributed by atoms with Gasteiger partial charge in [-0.2, -0.15) is 0 Å². The molecule has 0 amide bonds. The molecule has 4 heterocycles. The molecule has 12 heteroatoms. The van der Waals surface area contributed by atoms with Crippen LogP contribution >= 0.6 is 36.2 Å². The highest BCUT2D eigenvalue weighted by atomic mass is 35.5. The van der Waals surface area contributed by atoms with Crippen molar-refractivity contribution in [3.05, 3.63) is 22.5 Å². The van der Waals surface area contributed by atoms with E-state index in [1.165, 1.54) is 23.8 Å². The van der Waals surface area contributed by atoms with E-state index in [1.807, 2.05) is 0 Å². The lowest BCUT2D eigenvalue weighted by Gasteiger charge is -2.28. The molecule has 0 spiro atoms. The molecule has 8 nitrogen and oxygen atoms in total. The lowest BCUT2D eigenvalue weighted by Crippen LogP contribution is -2.33. The summed E-state index contributed by atoms with van der Waals surface area (Å²) in [6, 6.07) is 0. The van der Waals surface area contributed by atoms with Crippen LogP contribution < -0.4 is 16.0 Å². The molecule has 0 bridgehead atoms. The molecule has 28 heavy (non-hydrogen) atoms. The first-order chi connectivity index (χ1) is 12.4. The summed E-state index contributed by atoms with van der Waals surface area (Å²) in [5, 5.41) is 3.92. The van der Waals surface area contributed by atoms with Crippen molar-refractivity contribution in [1.29, 1.82) is 0 Å². The summed E-state index contributed by atoms with van der Waals surface area (Å²) in [5.41, 5.74) is 7.50. The number of nitrogens with zero attached hydrogens (tertiary/aromatic N) is 4. The zero-order valence-electron chi connectivity index (χ0n) is 15.4. The van der Waals surface area contributed by atoms with Gasteiger partial charge in [-0.05, 0) is 19.4 Å². The Balaban J connectivity index is 0.00000140. The summed E-state index contributed by atoms with van der Waals surface area (Å²) in [6.45, 7) is 3.11. The van der Waals surface area contributed by atoms with Gasteiger partial charge < -0.3 is 16.0 Å². The quantitative estimate of drug-likeness (QED) is 0.703. The minimum Gasteiger partial charge on any atom is -0.375 e. The van der Waals surface area contributed by atoms with Gasteiger partial charge in [-0.15, -0.1) is 36.2 Å². The highest BCUT2D eigenvalue weighted by Crippen LogP contribution is 2.31. The average Bonchev–Trinajstić information content (AvgIpc) is 3.00. The Labute approximate surface area is 181 Å². The number of nitrogens with two attached hydrogens (primary N) is 1. The number of sulfone groups is 1. The van der Waals surface area contributed by atoms with Crippen LogP contribution in [0.15, 0.2) is 11.1 Å². The maximum atomic E-state index is 12.2. The van der Waals surface area contributed by atoms with Gasteiger partial charge in [0.15, 0.2) is 15.0 Å². The number of rotatable bonds is 3. The Kier molecular flexibility index (Phi) is 7.49. The molecule has 1 fully saturated rings. The lowest BCUT2D eigenvalue weighted by molar-refractivity contribution is 0.447. The van der Waals surface area contributed by atoms with E-state index < -0.39 is 9.84 Å². The van der Waals surface area contributed by atoms with Gasteiger partial charge in [-0.1, -0.05) is 0 Å². The monoisotopic (exact) mass is 466 g/mol. The average molecular weight is 467 g/mol. The van der Waals surface area contributed by atoms with Crippen LogP contribution in [-0.4, -0.2) is 49.3 Å². The number of piperidine rings is 1. The molecule has 4 rings (SSSR count). The van der Waals surface area contributed by atoms with Crippen molar-refractivity contribution in [2.75, 3.05) is 36.5 Å². The minimum atomic E-state index is -3.37. The molecule has 0 aliphatic carbocycles. The number of hydrogen-bond donors (Lipinski definition) is 2. The van der Waals surface area contributed by atoms with E-state index in [0.717, 1.165) is 49.5 Å². The van der Waals surface area contributed by atoms with Crippen LogP contribution in [0.25, 0.3) is 0 Å². The third-order valence-electron chi connectivity index (χ3n) is 4.88. The van der Waals surface area contributed by atoms with Crippen molar-refractivity contribution in [1.82, 2.24) is 20.3 Å². The van der Waals surface area contributed by atoms with E-state index in [-0.39, 0.29) is 35.6 Å². The highest BCUT2D eigenvalue weighted by molar-refractivity contribution is 7.90. The van der Waals surface area contributed by atoms with Crippen LogP contribution in [0.3, 0.4) is 0 Å². The van der Waals surface area contributed by atoms with Gasteiger partial charge in [0.1, 0.15) is 4.90 Å². The number of thiazole rings is 1. The maximum absolute atomic E-state index is 12.2. The summed E-state index contributed by atoms with van der Waals surface area (Å²) in [5.74, 6) is 0.672. The van der Waals surface area contributed by atoms with Crippen molar-refractivity contribution < 1.29 is 8.42 Å². The van der Waals surface area contributed by atoms with E-state index >= 15 is 0 Å².